The van der Waals surface area contributed by atoms with Gasteiger partial charge in [-0.3, -0.25) is 0 Å². The van der Waals surface area contributed by atoms with Gasteiger partial charge in [0.1, 0.15) is 22.5 Å². The molecule has 26 heavy (non-hydrogen) atoms. The van der Waals surface area contributed by atoms with Crippen LogP contribution in [0.4, 0.5) is 0 Å². The van der Waals surface area contributed by atoms with E-state index in [1.807, 2.05) is 30.3 Å². The van der Waals surface area contributed by atoms with E-state index in [-0.39, 0.29) is 17.8 Å². The number of hydrogen-bond acceptors (Lipinski definition) is 4. The highest BCUT2D eigenvalue weighted by Gasteiger charge is 2.27. The third kappa shape index (κ3) is 3.58. The predicted octanol–water partition coefficient (Wildman–Crippen LogP) is 4.48. The third-order valence-electron chi connectivity index (χ3n) is 4.97. The Kier molecular flexibility index (Phi) is 5.28. The van der Waals surface area contributed by atoms with Gasteiger partial charge in [0.2, 0.25) is 0 Å². The molecule has 0 aliphatic carbocycles. The van der Waals surface area contributed by atoms with Crippen molar-refractivity contribution < 1.29 is 10.2 Å². The highest BCUT2D eigenvalue weighted by atomic mass is 16.3. The molecule has 0 amide bonds. The Hall–Kier alpha value is -2.40. The van der Waals surface area contributed by atoms with Gasteiger partial charge >= 0.3 is 0 Å². The van der Waals surface area contributed by atoms with Crippen LogP contribution in [0.1, 0.15) is 57.6 Å². The maximum absolute atomic E-state index is 11.0. The molecule has 0 spiro atoms. The summed E-state index contributed by atoms with van der Waals surface area (Å²) < 4.78 is 0. The molecule has 1 heterocycles. The lowest BCUT2D eigenvalue weighted by Gasteiger charge is -2.27. The van der Waals surface area contributed by atoms with Crippen molar-refractivity contribution in [2.75, 3.05) is 0 Å². The fourth-order valence-corrected chi connectivity index (χ4v) is 3.36. The van der Waals surface area contributed by atoms with Gasteiger partial charge in [-0.05, 0) is 41.7 Å². The Balaban J connectivity index is 2.08. The van der Waals surface area contributed by atoms with Crippen molar-refractivity contribution in [2.45, 2.75) is 58.5 Å². The van der Waals surface area contributed by atoms with Crippen LogP contribution in [0.15, 0.2) is 36.4 Å². The minimum atomic E-state index is -0.203. The molecule has 0 atom stereocenters. The zero-order valence-electron chi connectivity index (χ0n) is 15.7. The lowest BCUT2D eigenvalue weighted by atomic mass is 9.78. The fourth-order valence-electron chi connectivity index (χ4n) is 3.36. The van der Waals surface area contributed by atoms with E-state index in [1.54, 1.807) is 6.07 Å². The van der Waals surface area contributed by atoms with Gasteiger partial charge in [-0.2, -0.15) is 0 Å². The minimum Gasteiger partial charge on any atom is -0.505 e. The van der Waals surface area contributed by atoms with E-state index >= 15 is 0 Å². The first-order valence-corrected chi connectivity index (χ1v) is 9.26. The first-order chi connectivity index (χ1) is 12.5. The van der Waals surface area contributed by atoms with Crippen LogP contribution in [0.5, 0.6) is 5.75 Å². The van der Waals surface area contributed by atoms with Crippen LogP contribution in [-0.2, 0) is 12.0 Å². The normalized spacial score (nSPS) is 12.0. The number of nitrogens with zero attached hydrogens (tertiary/aromatic N) is 3. The second-order valence-electron chi connectivity index (χ2n) is 7.49. The van der Waals surface area contributed by atoms with Gasteiger partial charge in [0.25, 0.3) is 0 Å². The van der Waals surface area contributed by atoms with Gasteiger partial charge in [0, 0.05) is 5.56 Å². The van der Waals surface area contributed by atoms with Gasteiger partial charge in [-0.25, -0.2) is 0 Å². The van der Waals surface area contributed by atoms with Crippen molar-refractivity contribution in [3.63, 3.8) is 0 Å². The van der Waals surface area contributed by atoms with E-state index in [1.165, 1.54) is 11.2 Å². The van der Waals surface area contributed by atoms with Crippen LogP contribution >= 0.6 is 0 Å². The Morgan fingerprint density at radius 2 is 1.69 bits per heavy atom. The summed E-state index contributed by atoms with van der Waals surface area (Å²) in [6.07, 6.45) is 4.40. The summed E-state index contributed by atoms with van der Waals surface area (Å²) in [4.78, 5) is 1.46. The zero-order valence-corrected chi connectivity index (χ0v) is 15.7. The molecule has 138 valence electrons. The van der Waals surface area contributed by atoms with Crippen LogP contribution < -0.4 is 0 Å². The fraction of sp³-hybridized carbons (Fsp3) is 0.429. The third-order valence-corrected chi connectivity index (χ3v) is 4.97. The molecule has 0 saturated heterocycles. The van der Waals surface area contributed by atoms with E-state index in [0.29, 0.717) is 5.69 Å². The van der Waals surface area contributed by atoms with Crippen molar-refractivity contribution in [1.82, 2.24) is 15.0 Å². The summed E-state index contributed by atoms with van der Waals surface area (Å²) >= 11 is 0. The molecular formula is C21H27N3O2. The quantitative estimate of drug-likeness (QED) is 0.615. The second-order valence-corrected chi connectivity index (χ2v) is 7.49. The molecule has 0 unspecified atom stereocenters. The number of aromatic hydroxyl groups is 1. The van der Waals surface area contributed by atoms with Crippen molar-refractivity contribution in [2.24, 2.45) is 0 Å². The largest absolute Gasteiger partial charge is 0.505 e. The van der Waals surface area contributed by atoms with Crippen molar-refractivity contribution >= 4 is 11.0 Å². The number of phenolic OH excluding ortho intramolecular Hbond substituents is 1. The van der Waals surface area contributed by atoms with Gasteiger partial charge in [-0.15, -0.1) is 15.0 Å². The maximum atomic E-state index is 11.0. The first-order valence-electron chi connectivity index (χ1n) is 9.26. The van der Waals surface area contributed by atoms with Gasteiger partial charge < -0.3 is 10.2 Å². The monoisotopic (exact) mass is 353 g/mol. The van der Waals surface area contributed by atoms with Crippen LogP contribution in [0.2, 0.25) is 0 Å². The van der Waals surface area contributed by atoms with Crippen LogP contribution in [0.25, 0.3) is 16.7 Å². The van der Waals surface area contributed by atoms with Gasteiger partial charge in [-0.1, -0.05) is 52.2 Å². The molecule has 0 aliphatic rings. The van der Waals surface area contributed by atoms with Crippen molar-refractivity contribution in [3.05, 3.63) is 47.5 Å². The average Bonchev–Trinajstić information content (AvgIpc) is 3.05. The molecule has 5 heteroatoms. The lowest BCUT2D eigenvalue weighted by Crippen LogP contribution is -2.19. The summed E-state index contributed by atoms with van der Waals surface area (Å²) in [5.41, 5.74) is 3.42. The lowest BCUT2D eigenvalue weighted by molar-refractivity contribution is 0.281. The molecule has 0 saturated carbocycles. The Bertz CT molecular complexity index is 866. The first kappa shape index (κ1) is 18.4. The van der Waals surface area contributed by atoms with Crippen LogP contribution in [0.3, 0.4) is 0 Å². The van der Waals surface area contributed by atoms with E-state index in [2.05, 4.69) is 31.0 Å². The molecule has 2 N–H and O–H groups in total. The highest BCUT2D eigenvalue weighted by Crippen LogP contribution is 2.39. The number of aromatic nitrogens is 3. The molecular weight excluding hydrogens is 326 g/mol. The minimum absolute atomic E-state index is 0.0912. The molecule has 3 rings (SSSR count). The number of fused-ring (bicyclic) bond motifs is 1. The van der Waals surface area contributed by atoms with Crippen molar-refractivity contribution in [3.8, 4) is 11.4 Å². The van der Waals surface area contributed by atoms with Gasteiger partial charge in [0.05, 0.1) is 6.61 Å². The highest BCUT2D eigenvalue weighted by molar-refractivity contribution is 5.73. The summed E-state index contributed by atoms with van der Waals surface area (Å²) in [7, 11) is 0. The van der Waals surface area contributed by atoms with E-state index < -0.39 is 0 Å². The summed E-state index contributed by atoms with van der Waals surface area (Å²) in [5, 5.41) is 29.7. The van der Waals surface area contributed by atoms with Crippen molar-refractivity contribution in [1.29, 1.82) is 0 Å². The molecule has 0 fully saturated rings. The molecule has 0 bridgehead atoms. The van der Waals surface area contributed by atoms with E-state index in [9.17, 15) is 10.2 Å². The number of rotatable bonds is 7. The predicted molar refractivity (Wildman–Crippen MR) is 104 cm³/mol. The standard InChI is InChI=1S/C21H27N3O2/c1-4-5-8-11-21(2,3)16-12-15(14-25)13-19(20(16)26)24-22-17-9-6-7-10-18(17)23-24/h6-7,9-10,12-13,25-26H,4-5,8,11,14H2,1-3H3. The molecule has 1 aromatic heterocycles. The number of aliphatic hydroxyl groups is 1. The number of aliphatic hydroxyl groups excluding tert-OH is 1. The topological polar surface area (TPSA) is 71.2 Å². The Labute approximate surface area is 154 Å². The Morgan fingerprint density at radius 1 is 1.04 bits per heavy atom. The summed E-state index contributed by atoms with van der Waals surface area (Å²) in [6, 6.07) is 11.2. The second kappa shape index (κ2) is 7.46. The molecule has 0 radical (unpaired) electrons. The van der Waals surface area contributed by atoms with Gasteiger partial charge in [0.15, 0.2) is 0 Å². The summed E-state index contributed by atoms with van der Waals surface area (Å²) in [5.74, 6) is 0.184. The average molecular weight is 353 g/mol. The molecule has 5 nitrogen and oxygen atoms in total. The maximum Gasteiger partial charge on any atom is 0.146 e. The van der Waals surface area contributed by atoms with E-state index in [0.717, 1.165) is 41.4 Å². The number of benzene rings is 2. The molecule has 2 aromatic carbocycles. The zero-order chi connectivity index (χ0) is 18.7. The molecule has 3 aromatic rings. The Morgan fingerprint density at radius 3 is 2.27 bits per heavy atom. The number of unbranched alkanes of at least 4 members (excludes halogenated alkanes) is 2. The smallest absolute Gasteiger partial charge is 0.146 e. The van der Waals surface area contributed by atoms with Crippen LogP contribution in [-0.4, -0.2) is 25.2 Å². The number of phenols is 1. The van der Waals surface area contributed by atoms with E-state index in [4.69, 9.17) is 0 Å². The molecule has 0 aliphatic heterocycles. The number of hydrogen-bond donors (Lipinski definition) is 2. The SMILES string of the molecule is CCCCCC(C)(C)c1cc(CO)cc(-n2nc3ccccc3n2)c1O. The summed E-state index contributed by atoms with van der Waals surface area (Å²) in [6.45, 7) is 6.36. The van der Waals surface area contributed by atoms with Crippen LogP contribution in [0, 0.1) is 0 Å².